The van der Waals surface area contributed by atoms with Gasteiger partial charge in [-0.1, -0.05) is 12.2 Å². The molecule has 0 aromatic carbocycles. The van der Waals surface area contributed by atoms with Crippen molar-refractivity contribution in [2.45, 2.75) is 24.9 Å². The maximum absolute atomic E-state index is 11.7. The monoisotopic (exact) mass is 253 g/mol. The molecule has 0 aromatic heterocycles. The van der Waals surface area contributed by atoms with Gasteiger partial charge >= 0.3 is 5.97 Å². The minimum absolute atomic E-state index is 0.00753. The Hall–Kier alpha value is -1.62. The normalized spacial score (nSPS) is 19.9. The second-order valence-corrected chi connectivity index (χ2v) is 4.72. The summed E-state index contributed by atoms with van der Waals surface area (Å²) in [6.07, 6.45) is 3.84. The van der Waals surface area contributed by atoms with E-state index >= 15 is 0 Å². The third kappa shape index (κ3) is 3.43. The number of likely N-dealkylation sites (tertiary alicyclic amines) is 1. The minimum atomic E-state index is -1.10. The second-order valence-electron chi connectivity index (χ2n) is 4.72. The summed E-state index contributed by atoms with van der Waals surface area (Å²) in [4.78, 5) is 23.9. The van der Waals surface area contributed by atoms with E-state index in [2.05, 4.69) is 13.2 Å². The number of carboxylic acids is 1. The predicted octanol–water partition coefficient (Wildman–Crippen LogP) is 0.803. The van der Waals surface area contributed by atoms with E-state index in [0.29, 0.717) is 12.8 Å². The van der Waals surface area contributed by atoms with Crippen LogP contribution in [0.1, 0.15) is 19.3 Å². The number of carbonyl (C=O) groups excluding carboxylic acids is 1. The summed E-state index contributed by atoms with van der Waals surface area (Å²) in [5.41, 5.74) is -1.10. The quantitative estimate of drug-likeness (QED) is 0.658. The Kier molecular flexibility index (Phi) is 4.67. The third-order valence-electron chi connectivity index (χ3n) is 3.10. The first kappa shape index (κ1) is 14.4. The smallest absolute Gasteiger partial charge is 0.308 e. The summed E-state index contributed by atoms with van der Waals surface area (Å²) in [7, 11) is 0. The number of aliphatic hydroxyl groups is 1. The van der Waals surface area contributed by atoms with Crippen molar-refractivity contribution in [3.05, 3.63) is 25.3 Å². The lowest BCUT2D eigenvalue weighted by Gasteiger charge is -2.30. The summed E-state index contributed by atoms with van der Waals surface area (Å²) in [5, 5.41) is 19.2. The number of carboxylic acid groups (broad SMARTS) is 1. The van der Waals surface area contributed by atoms with Crippen molar-refractivity contribution in [3.8, 4) is 0 Å². The lowest BCUT2D eigenvalue weighted by molar-refractivity contribution is -0.141. The molecule has 5 nitrogen and oxygen atoms in total. The highest BCUT2D eigenvalue weighted by molar-refractivity contribution is 5.86. The van der Waals surface area contributed by atoms with Crippen LogP contribution in [0.15, 0.2) is 25.3 Å². The van der Waals surface area contributed by atoms with Crippen LogP contribution in [-0.4, -0.2) is 45.7 Å². The van der Waals surface area contributed by atoms with Crippen LogP contribution in [-0.2, 0) is 9.59 Å². The van der Waals surface area contributed by atoms with Gasteiger partial charge < -0.3 is 15.1 Å². The zero-order chi connectivity index (χ0) is 13.8. The molecule has 1 fully saturated rings. The predicted molar refractivity (Wildman–Crippen MR) is 66.9 cm³/mol. The van der Waals surface area contributed by atoms with E-state index in [1.54, 1.807) is 12.2 Å². The van der Waals surface area contributed by atoms with Crippen LogP contribution in [0.2, 0.25) is 0 Å². The van der Waals surface area contributed by atoms with Gasteiger partial charge in [0.2, 0.25) is 5.91 Å². The number of hydrogen-bond donors (Lipinski definition) is 2. The lowest BCUT2D eigenvalue weighted by Crippen LogP contribution is -2.43. The molecule has 2 N–H and O–H groups in total. The number of rotatable bonds is 7. The van der Waals surface area contributed by atoms with Crippen molar-refractivity contribution in [2.24, 2.45) is 5.92 Å². The zero-order valence-electron chi connectivity index (χ0n) is 10.3. The van der Waals surface area contributed by atoms with Gasteiger partial charge in [0, 0.05) is 19.5 Å². The first-order chi connectivity index (χ1) is 8.41. The Morgan fingerprint density at radius 3 is 2.39 bits per heavy atom. The van der Waals surface area contributed by atoms with Gasteiger partial charge in [0.15, 0.2) is 0 Å². The third-order valence-corrected chi connectivity index (χ3v) is 3.10. The van der Waals surface area contributed by atoms with Crippen molar-refractivity contribution in [1.82, 2.24) is 4.90 Å². The summed E-state index contributed by atoms with van der Waals surface area (Å²) >= 11 is 0. The molecule has 0 saturated carbocycles. The van der Waals surface area contributed by atoms with E-state index < -0.39 is 17.5 Å². The van der Waals surface area contributed by atoms with Crippen LogP contribution in [0.5, 0.6) is 0 Å². The molecule has 0 radical (unpaired) electrons. The highest BCUT2D eigenvalue weighted by Gasteiger charge is 2.38. The minimum Gasteiger partial charge on any atom is -0.481 e. The van der Waals surface area contributed by atoms with Gasteiger partial charge in [-0.3, -0.25) is 9.59 Å². The van der Waals surface area contributed by atoms with Crippen molar-refractivity contribution in [2.75, 3.05) is 13.1 Å². The van der Waals surface area contributed by atoms with Gasteiger partial charge in [-0.15, -0.1) is 13.2 Å². The Labute approximate surface area is 106 Å². The summed E-state index contributed by atoms with van der Waals surface area (Å²) in [6.45, 7) is 7.42. The second kappa shape index (κ2) is 5.82. The molecule has 0 aromatic rings. The molecule has 18 heavy (non-hydrogen) atoms. The molecule has 1 heterocycles. The number of amides is 1. The van der Waals surface area contributed by atoms with Crippen LogP contribution in [0.25, 0.3) is 0 Å². The van der Waals surface area contributed by atoms with Gasteiger partial charge in [-0.05, 0) is 12.8 Å². The molecule has 0 spiro atoms. The number of hydrogen-bond acceptors (Lipinski definition) is 3. The van der Waals surface area contributed by atoms with Gasteiger partial charge in [0.25, 0.3) is 0 Å². The first-order valence-electron chi connectivity index (χ1n) is 5.86. The summed E-state index contributed by atoms with van der Waals surface area (Å²) < 4.78 is 0. The van der Waals surface area contributed by atoms with E-state index in [0.717, 1.165) is 0 Å². The van der Waals surface area contributed by atoms with Gasteiger partial charge in [-0.25, -0.2) is 0 Å². The lowest BCUT2D eigenvalue weighted by atomic mass is 9.95. The standard InChI is InChI=1S/C13H19NO4/c1-3-5-13(18,6-4-2)9-14-8-10(12(16)17)7-11(14)15/h3-4,10,18H,1-2,5-9H2,(H,16,17). The van der Waals surface area contributed by atoms with E-state index in [9.17, 15) is 14.7 Å². The molecule has 5 heteroatoms. The molecule has 1 aliphatic heterocycles. The molecule has 1 aliphatic rings. The van der Waals surface area contributed by atoms with Crippen LogP contribution >= 0.6 is 0 Å². The van der Waals surface area contributed by atoms with Crippen molar-refractivity contribution in [3.63, 3.8) is 0 Å². The average Bonchev–Trinajstić information content (AvgIpc) is 2.61. The maximum Gasteiger partial charge on any atom is 0.308 e. The fourth-order valence-electron chi connectivity index (χ4n) is 2.20. The number of carbonyl (C=O) groups is 2. The fourth-order valence-corrected chi connectivity index (χ4v) is 2.20. The number of nitrogens with zero attached hydrogens (tertiary/aromatic N) is 1. The Morgan fingerprint density at radius 1 is 1.44 bits per heavy atom. The Morgan fingerprint density at radius 2 is 2.00 bits per heavy atom. The molecule has 1 amide bonds. The summed E-state index contributed by atoms with van der Waals surface area (Å²) in [6, 6.07) is 0. The molecule has 1 rings (SSSR count). The Bertz CT molecular complexity index is 354. The van der Waals surface area contributed by atoms with Crippen LogP contribution < -0.4 is 0 Å². The van der Waals surface area contributed by atoms with E-state index in [4.69, 9.17) is 5.11 Å². The van der Waals surface area contributed by atoms with Crippen LogP contribution in [0.3, 0.4) is 0 Å². The first-order valence-corrected chi connectivity index (χ1v) is 5.86. The van der Waals surface area contributed by atoms with Crippen molar-refractivity contribution < 1.29 is 19.8 Å². The molecule has 1 atom stereocenters. The van der Waals surface area contributed by atoms with Crippen LogP contribution in [0, 0.1) is 5.92 Å². The van der Waals surface area contributed by atoms with E-state index in [-0.39, 0.29) is 25.4 Å². The van der Waals surface area contributed by atoms with E-state index in [1.165, 1.54) is 4.90 Å². The van der Waals surface area contributed by atoms with E-state index in [1.807, 2.05) is 0 Å². The maximum atomic E-state index is 11.7. The fraction of sp³-hybridized carbons (Fsp3) is 0.538. The largest absolute Gasteiger partial charge is 0.481 e. The molecule has 0 aliphatic carbocycles. The molecular weight excluding hydrogens is 234 g/mol. The SMILES string of the molecule is C=CCC(O)(CC=C)CN1CC(C(=O)O)CC1=O. The highest BCUT2D eigenvalue weighted by Crippen LogP contribution is 2.24. The van der Waals surface area contributed by atoms with Gasteiger partial charge in [-0.2, -0.15) is 0 Å². The molecule has 0 bridgehead atoms. The summed E-state index contributed by atoms with van der Waals surface area (Å²) in [5.74, 6) is -1.87. The number of β-amino-alcohol motifs (C(OH)–C–C–N with tert-alkyl or cyclic N) is 1. The molecule has 100 valence electrons. The van der Waals surface area contributed by atoms with Gasteiger partial charge in [0.05, 0.1) is 11.5 Å². The molecule has 1 saturated heterocycles. The number of aliphatic carboxylic acids is 1. The molecular formula is C13H19NO4. The van der Waals surface area contributed by atoms with Crippen molar-refractivity contribution in [1.29, 1.82) is 0 Å². The Balaban J connectivity index is 2.70. The van der Waals surface area contributed by atoms with Gasteiger partial charge in [0.1, 0.15) is 0 Å². The highest BCUT2D eigenvalue weighted by atomic mass is 16.4. The van der Waals surface area contributed by atoms with Crippen molar-refractivity contribution >= 4 is 11.9 Å². The molecule has 1 unspecified atom stereocenters. The zero-order valence-corrected chi connectivity index (χ0v) is 10.3. The average molecular weight is 253 g/mol. The van der Waals surface area contributed by atoms with Crippen LogP contribution in [0.4, 0.5) is 0 Å². The topological polar surface area (TPSA) is 77.8 Å².